The fraction of sp³-hybridized carbons (Fsp3) is 0.440. The number of amides is 2. The number of hydrogen-bond acceptors (Lipinski definition) is 6. The number of nitrogens with one attached hydrogen (secondary N) is 1. The van der Waals surface area contributed by atoms with Gasteiger partial charge in [0, 0.05) is 39.0 Å². The molecule has 2 aromatic rings. The average Bonchev–Trinajstić information content (AvgIpc) is 2.88. The standard InChI is InChI=1S/C25H27F3N2O6/c26-25(27,28)35-19-10-8-17(9-11-19)34-18-12-14-30(15-13-18)24(32)21-6-2-1-5-20(21)23(31)29-36-22-7-3-4-16-33-22/h1-2,5-6,8-11,18,22H,3-4,7,12-16H2,(H,29,31). The minimum absolute atomic E-state index is 0.203. The van der Waals surface area contributed by atoms with Gasteiger partial charge in [0.2, 0.25) is 0 Å². The van der Waals surface area contributed by atoms with Gasteiger partial charge in [-0.15, -0.1) is 13.2 Å². The first kappa shape index (κ1) is 25.8. The normalized spacial score (nSPS) is 19.0. The van der Waals surface area contributed by atoms with E-state index in [0.29, 0.717) is 44.7 Å². The monoisotopic (exact) mass is 508 g/mol. The van der Waals surface area contributed by atoms with E-state index in [4.69, 9.17) is 14.3 Å². The molecule has 0 aliphatic carbocycles. The van der Waals surface area contributed by atoms with Crippen LogP contribution < -0.4 is 15.0 Å². The summed E-state index contributed by atoms with van der Waals surface area (Å²) in [4.78, 5) is 32.9. The van der Waals surface area contributed by atoms with Gasteiger partial charge in [-0.1, -0.05) is 12.1 Å². The number of rotatable bonds is 7. The largest absolute Gasteiger partial charge is 0.573 e. The van der Waals surface area contributed by atoms with E-state index in [-0.39, 0.29) is 28.9 Å². The number of carbonyl (C=O) groups is 2. The lowest BCUT2D eigenvalue weighted by Gasteiger charge is -2.32. The Balaban J connectivity index is 1.29. The molecule has 1 N–H and O–H groups in total. The van der Waals surface area contributed by atoms with E-state index < -0.39 is 18.6 Å². The van der Waals surface area contributed by atoms with Crippen molar-refractivity contribution >= 4 is 11.8 Å². The quantitative estimate of drug-likeness (QED) is 0.556. The summed E-state index contributed by atoms with van der Waals surface area (Å²) >= 11 is 0. The number of hydroxylamine groups is 1. The topological polar surface area (TPSA) is 86.3 Å². The molecule has 4 rings (SSSR count). The molecule has 194 valence electrons. The van der Waals surface area contributed by atoms with Crippen LogP contribution in [0.2, 0.25) is 0 Å². The Kier molecular flexibility index (Phi) is 8.32. The fourth-order valence-electron chi connectivity index (χ4n) is 4.11. The van der Waals surface area contributed by atoms with Gasteiger partial charge >= 0.3 is 6.36 Å². The van der Waals surface area contributed by atoms with Crippen LogP contribution in [0.3, 0.4) is 0 Å². The zero-order chi connectivity index (χ0) is 25.5. The van der Waals surface area contributed by atoms with E-state index in [9.17, 15) is 22.8 Å². The molecule has 0 spiro atoms. The van der Waals surface area contributed by atoms with Gasteiger partial charge in [-0.25, -0.2) is 10.3 Å². The number of halogens is 3. The van der Waals surface area contributed by atoms with Crippen molar-refractivity contribution in [3.05, 3.63) is 59.7 Å². The molecule has 11 heteroatoms. The molecular formula is C25H27F3N2O6. The van der Waals surface area contributed by atoms with Crippen LogP contribution in [-0.4, -0.2) is 55.2 Å². The Morgan fingerprint density at radius 1 is 0.917 bits per heavy atom. The third-order valence-electron chi connectivity index (χ3n) is 5.91. The third kappa shape index (κ3) is 7.11. The van der Waals surface area contributed by atoms with Gasteiger partial charge < -0.3 is 19.1 Å². The van der Waals surface area contributed by atoms with Crippen molar-refractivity contribution in [1.82, 2.24) is 10.4 Å². The summed E-state index contributed by atoms with van der Waals surface area (Å²) in [6, 6.07) is 11.7. The predicted octanol–water partition coefficient (Wildman–Crippen LogP) is 4.46. The first-order valence-electron chi connectivity index (χ1n) is 11.8. The second-order valence-electron chi connectivity index (χ2n) is 8.52. The number of likely N-dealkylation sites (tertiary alicyclic amines) is 1. The summed E-state index contributed by atoms with van der Waals surface area (Å²) in [7, 11) is 0. The van der Waals surface area contributed by atoms with Gasteiger partial charge in [-0.2, -0.15) is 0 Å². The van der Waals surface area contributed by atoms with E-state index in [1.54, 1.807) is 29.2 Å². The summed E-state index contributed by atoms with van der Waals surface area (Å²) in [5.74, 6) is -0.709. The van der Waals surface area contributed by atoms with Crippen molar-refractivity contribution in [2.75, 3.05) is 19.7 Å². The number of alkyl halides is 3. The van der Waals surface area contributed by atoms with Gasteiger partial charge in [0.15, 0.2) is 6.29 Å². The smallest absolute Gasteiger partial charge is 0.490 e. The molecule has 0 radical (unpaired) electrons. The SMILES string of the molecule is O=C(NOC1CCCCO1)c1ccccc1C(=O)N1CCC(Oc2ccc(OC(F)(F)F)cc2)CC1. The fourth-order valence-corrected chi connectivity index (χ4v) is 4.11. The highest BCUT2D eigenvalue weighted by atomic mass is 19.4. The second-order valence-corrected chi connectivity index (χ2v) is 8.52. The lowest BCUT2D eigenvalue weighted by atomic mass is 10.0. The highest BCUT2D eigenvalue weighted by Crippen LogP contribution is 2.27. The molecule has 1 unspecified atom stereocenters. The van der Waals surface area contributed by atoms with Crippen LogP contribution in [0.15, 0.2) is 48.5 Å². The molecule has 2 amide bonds. The zero-order valence-electron chi connectivity index (χ0n) is 19.5. The first-order valence-corrected chi connectivity index (χ1v) is 11.8. The molecule has 0 aromatic heterocycles. The maximum Gasteiger partial charge on any atom is 0.573 e. The molecule has 2 aromatic carbocycles. The third-order valence-corrected chi connectivity index (χ3v) is 5.91. The number of carbonyl (C=O) groups excluding carboxylic acids is 2. The van der Waals surface area contributed by atoms with Gasteiger partial charge in [0.1, 0.15) is 17.6 Å². The highest BCUT2D eigenvalue weighted by Gasteiger charge is 2.31. The van der Waals surface area contributed by atoms with Crippen LogP contribution in [0.25, 0.3) is 0 Å². The molecule has 2 fully saturated rings. The van der Waals surface area contributed by atoms with Crippen molar-refractivity contribution in [1.29, 1.82) is 0 Å². The molecule has 2 heterocycles. The molecule has 2 aliphatic heterocycles. The summed E-state index contributed by atoms with van der Waals surface area (Å²) < 4.78 is 52.1. The van der Waals surface area contributed by atoms with Crippen molar-refractivity contribution in [3.8, 4) is 11.5 Å². The Hall–Kier alpha value is -3.31. The van der Waals surface area contributed by atoms with Gasteiger partial charge in [0.25, 0.3) is 11.8 Å². The molecule has 0 bridgehead atoms. The molecule has 36 heavy (non-hydrogen) atoms. The van der Waals surface area contributed by atoms with E-state index in [1.165, 1.54) is 24.3 Å². The van der Waals surface area contributed by atoms with E-state index >= 15 is 0 Å². The van der Waals surface area contributed by atoms with E-state index in [2.05, 4.69) is 10.2 Å². The molecule has 1 atom stereocenters. The molecule has 2 saturated heterocycles. The first-order chi connectivity index (χ1) is 17.3. The van der Waals surface area contributed by atoms with Crippen LogP contribution in [0, 0.1) is 0 Å². The highest BCUT2D eigenvalue weighted by molar-refractivity contribution is 6.06. The van der Waals surface area contributed by atoms with Crippen molar-refractivity contribution in [2.45, 2.75) is 50.9 Å². The van der Waals surface area contributed by atoms with Crippen molar-refractivity contribution < 1.29 is 41.8 Å². The van der Waals surface area contributed by atoms with E-state index in [1.807, 2.05) is 0 Å². The Bertz CT molecular complexity index is 1030. The minimum atomic E-state index is -4.75. The number of ether oxygens (including phenoxy) is 3. The Labute approximate surface area is 206 Å². The van der Waals surface area contributed by atoms with E-state index in [0.717, 1.165) is 12.8 Å². The molecule has 2 aliphatic rings. The predicted molar refractivity (Wildman–Crippen MR) is 121 cm³/mol. The lowest BCUT2D eigenvalue weighted by molar-refractivity contribution is -0.274. The summed E-state index contributed by atoms with van der Waals surface area (Å²) in [6.07, 6.45) is -1.81. The Morgan fingerprint density at radius 2 is 1.58 bits per heavy atom. The van der Waals surface area contributed by atoms with Gasteiger partial charge in [-0.3, -0.25) is 9.59 Å². The average molecular weight is 508 g/mol. The zero-order valence-corrected chi connectivity index (χ0v) is 19.5. The second kappa shape index (κ2) is 11.6. The summed E-state index contributed by atoms with van der Waals surface area (Å²) in [6.45, 7) is 1.38. The van der Waals surface area contributed by atoms with Crippen LogP contribution in [0.1, 0.15) is 52.8 Å². The van der Waals surface area contributed by atoms with Crippen LogP contribution in [-0.2, 0) is 9.57 Å². The van der Waals surface area contributed by atoms with Crippen LogP contribution >= 0.6 is 0 Å². The summed E-state index contributed by atoms with van der Waals surface area (Å²) in [5, 5.41) is 0. The number of hydrogen-bond donors (Lipinski definition) is 1. The summed E-state index contributed by atoms with van der Waals surface area (Å²) in [5.41, 5.74) is 2.86. The number of benzene rings is 2. The molecular weight excluding hydrogens is 481 g/mol. The number of nitrogens with zero attached hydrogens (tertiary/aromatic N) is 1. The van der Waals surface area contributed by atoms with Crippen molar-refractivity contribution in [2.24, 2.45) is 0 Å². The Morgan fingerprint density at radius 3 is 2.22 bits per heavy atom. The van der Waals surface area contributed by atoms with Crippen LogP contribution in [0.5, 0.6) is 11.5 Å². The minimum Gasteiger partial charge on any atom is -0.490 e. The maximum atomic E-state index is 13.2. The number of piperidine rings is 1. The van der Waals surface area contributed by atoms with Crippen molar-refractivity contribution in [3.63, 3.8) is 0 Å². The molecule has 0 saturated carbocycles. The van der Waals surface area contributed by atoms with Crippen LogP contribution in [0.4, 0.5) is 13.2 Å². The van der Waals surface area contributed by atoms with Gasteiger partial charge in [0.05, 0.1) is 11.1 Å². The molecule has 8 nitrogen and oxygen atoms in total. The lowest BCUT2D eigenvalue weighted by Crippen LogP contribution is -2.42. The maximum absolute atomic E-state index is 13.2. The van der Waals surface area contributed by atoms with Gasteiger partial charge in [-0.05, 0) is 49.2 Å².